The molecule has 1 fully saturated rings. The summed E-state index contributed by atoms with van der Waals surface area (Å²) in [6.45, 7) is 12.4. The number of ether oxygens (including phenoxy) is 1. The number of allylic oxidation sites excluding steroid dienone is 1. The number of piperidine rings is 1. The summed E-state index contributed by atoms with van der Waals surface area (Å²) in [5.74, 6) is 0.115. The Hall–Kier alpha value is -1.32. The topological polar surface area (TPSA) is 46.6 Å². The summed E-state index contributed by atoms with van der Waals surface area (Å²) < 4.78 is 5.37. The summed E-state index contributed by atoms with van der Waals surface area (Å²) in [6, 6.07) is 0. The van der Waals surface area contributed by atoms with Gasteiger partial charge in [0.1, 0.15) is 11.9 Å². The molecule has 1 aliphatic rings. The highest BCUT2D eigenvalue weighted by Gasteiger charge is 2.41. The van der Waals surface area contributed by atoms with Gasteiger partial charge >= 0.3 is 6.09 Å². The highest BCUT2D eigenvalue weighted by Crippen LogP contribution is 2.38. The Morgan fingerprint density at radius 2 is 2.16 bits per heavy atom. The number of hydrogen-bond acceptors (Lipinski definition) is 3. The van der Waals surface area contributed by atoms with Gasteiger partial charge < -0.3 is 14.4 Å². The van der Waals surface area contributed by atoms with Gasteiger partial charge in [0.2, 0.25) is 0 Å². The van der Waals surface area contributed by atoms with Gasteiger partial charge in [-0.3, -0.25) is 0 Å². The minimum Gasteiger partial charge on any atom is -0.444 e. The molecular weight excluding hydrogens is 242 g/mol. The number of likely N-dealkylation sites (tertiary alicyclic amines) is 1. The van der Waals surface area contributed by atoms with Crippen molar-refractivity contribution in [1.82, 2.24) is 4.90 Å². The summed E-state index contributed by atoms with van der Waals surface area (Å²) in [6.07, 6.45) is 3.86. The predicted octanol–water partition coefficient (Wildman–Crippen LogP) is 3.02. The van der Waals surface area contributed by atoms with Crippen LogP contribution >= 0.6 is 0 Å². The normalized spacial score (nSPS) is 27.8. The quantitative estimate of drug-likeness (QED) is 0.583. The molecule has 1 aliphatic heterocycles. The molecule has 0 aromatic heterocycles. The van der Waals surface area contributed by atoms with Crippen molar-refractivity contribution >= 4 is 12.4 Å². The van der Waals surface area contributed by atoms with Crippen molar-refractivity contribution in [2.45, 2.75) is 46.1 Å². The van der Waals surface area contributed by atoms with Crippen LogP contribution in [0.3, 0.4) is 0 Å². The summed E-state index contributed by atoms with van der Waals surface area (Å²) in [7, 11) is 0. The molecule has 0 aromatic rings. The molecule has 0 aromatic carbocycles. The third-order valence-electron chi connectivity index (χ3n) is 3.73. The van der Waals surface area contributed by atoms with Crippen LogP contribution in [0.25, 0.3) is 0 Å². The molecule has 4 heteroatoms. The summed E-state index contributed by atoms with van der Waals surface area (Å²) in [5, 5.41) is 0. The van der Waals surface area contributed by atoms with Gasteiger partial charge in [-0.2, -0.15) is 0 Å². The zero-order valence-electron chi connectivity index (χ0n) is 12.4. The van der Waals surface area contributed by atoms with E-state index in [1.807, 2.05) is 27.7 Å². The zero-order valence-corrected chi connectivity index (χ0v) is 12.4. The highest BCUT2D eigenvalue weighted by atomic mass is 16.6. The van der Waals surface area contributed by atoms with Gasteiger partial charge in [-0.15, -0.1) is 6.58 Å². The van der Waals surface area contributed by atoms with Crippen LogP contribution in [-0.4, -0.2) is 36.0 Å². The van der Waals surface area contributed by atoms with E-state index in [1.165, 1.54) is 0 Å². The molecule has 1 saturated heterocycles. The van der Waals surface area contributed by atoms with E-state index < -0.39 is 5.60 Å². The lowest BCUT2D eigenvalue weighted by atomic mass is 9.70. The molecular formula is C15H25NO3. The van der Waals surface area contributed by atoms with Crippen molar-refractivity contribution in [3.63, 3.8) is 0 Å². The maximum Gasteiger partial charge on any atom is 0.410 e. The average Bonchev–Trinajstić information content (AvgIpc) is 2.29. The first kappa shape index (κ1) is 15.7. The SMILES string of the molecule is C=CCC1(C=O)CCN(C(=O)OC(C)(C)C)CC1C. The first-order valence-electron chi connectivity index (χ1n) is 6.79. The van der Waals surface area contributed by atoms with Crippen LogP contribution in [0.5, 0.6) is 0 Å². The molecule has 19 heavy (non-hydrogen) atoms. The molecule has 1 rings (SSSR count). The lowest BCUT2D eigenvalue weighted by molar-refractivity contribution is -0.122. The second kappa shape index (κ2) is 5.76. The Labute approximate surface area is 115 Å². The Morgan fingerprint density at radius 3 is 2.58 bits per heavy atom. The van der Waals surface area contributed by atoms with E-state index in [4.69, 9.17) is 4.74 Å². The number of aldehydes is 1. The largest absolute Gasteiger partial charge is 0.444 e. The summed E-state index contributed by atoms with van der Waals surface area (Å²) in [5.41, 5.74) is -0.860. The van der Waals surface area contributed by atoms with Crippen LogP contribution in [0.4, 0.5) is 4.79 Å². The number of carbonyl (C=O) groups excluding carboxylic acids is 2. The predicted molar refractivity (Wildman–Crippen MR) is 74.9 cm³/mol. The third-order valence-corrected chi connectivity index (χ3v) is 3.73. The Balaban J connectivity index is 2.70. The van der Waals surface area contributed by atoms with Crippen molar-refractivity contribution in [3.05, 3.63) is 12.7 Å². The van der Waals surface area contributed by atoms with Crippen molar-refractivity contribution in [2.75, 3.05) is 13.1 Å². The van der Waals surface area contributed by atoms with Crippen LogP contribution in [-0.2, 0) is 9.53 Å². The van der Waals surface area contributed by atoms with Crippen molar-refractivity contribution in [1.29, 1.82) is 0 Å². The fourth-order valence-corrected chi connectivity index (χ4v) is 2.48. The van der Waals surface area contributed by atoms with E-state index in [1.54, 1.807) is 11.0 Å². The molecule has 1 heterocycles. The maximum absolute atomic E-state index is 12.0. The van der Waals surface area contributed by atoms with Gasteiger partial charge in [-0.1, -0.05) is 13.0 Å². The summed E-state index contributed by atoms with van der Waals surface area (Å²) in [4.78, 5) is 25.1. The molecule has 4 nitrogen and oxygen atoms in total. The molecule has 0 N–H and O–H groups in total. The second-order valence-electron chi connectivity index (χ2n) is 6.42. The Morgan fingerprint density at radius 1 is 1.53 bits per heavy atom. The molecule has 2 unspecified atom stereocenters. The van der Waals surface area contributed by atoms with Gasteiger partial charge in [-0.25, -0.2) is 4.79 Å². The number of hydrogen-bond donors (Lipinski definition) is 0. The molecule has 0 radical (unpaired) electrons. The standard InChI is InChI=1S/C15H25NO3/c1-6-7-15(11-17)8-9-16(10-12(15)2)13(18)19-14(3,4)5/h6,11-12H,1,7-10H2,2-5H3. The van der Waals surface area contributed by atoms with E-state index >= 15 is 0 Å². The molecule has 1 amide bonds. The zero-order chi connectivity index (χ0) is 14.7. The number of carbonyl (C=O) groups is 2. The van der Waals surface area contributed by atoms with Gasteiger partial charge in [-0.05, 0) is 39.5 Å². The lowest BCUT2D eigenvalue weighted by Crippen LogP contribution is -2.50. The van der Waals surface area contributed by atoms with E-state index in [0.717, 1.165) is 6.29 Å². The fraction of sp³-hybridized carbons (Fsp3) is 0.733. The molecule has 0 bridgehead atoms. The fourth-order valence-electron chi connectivity index (χ4n) is 2.48. The minimum absolute atomic E-state index is 0.115. The number of nitrogens with zero attached hydrogens (tertiary/aromatic N) is 1. The van der Waals surface area contributed by atoms with Crippen LogP contribution in [0.15, 0.2) is 12.7 Å². The van der Waals surface area contributed by atoms with Crippen molar-refractivity contribution in [3.8, 4) is 0 Å². The Bertz CT molecular complexity index is 359. The average molecular weight is 267 g/mol. The van der Waals surface area contributed by atoms with E-state index in [0.29, 0.717) is 25.9 Å². The van der Waals surface area contributed by atoms with Crippen LogP contribution in [0.2, 0.25) is 0 Å². The highest BCUT2D eigenvalue weighted by molar-refractivity contribution is 5.69. The van der Waals surface area contributed by atoms with Gasteiger partial charge in [0.25, 0.3) is 0 Å². The monoisotopic (exact) mass is 267 g/mol. The van der Waals surface area contributed by atoms with E-state index in [2.05, 4.69) is 6.58 Å². The smallest absolute Gasteiger partial charge is 0.410 e. The third kappa shape index (κ3) is 3.82. The molecule has 0 aliphatic carbocycles. The molecule has 0 saturated carbocycles. The number of amides is 1. The molecule has 0 spiro atoms. The second-order valence-corrected chi connectivity index (χ2v) is 6.42. The molecule has 2 atom stereocenters. The Kier molecular flexibility index (Phi) is 4.77. The minimum atomic E-state index is -0.485. The maximum atomic E-state index is 12.0. The van der Waals surface area contributed by atoms with Crippen LogP contribution < -0.4 is 0 Å². The number of rotatable bonds is 3. The van der Waals surface area contributed by atoms with E-state index in [-0.39, 0.29) is 17.4 Å². The van der Waals surface area contributed by atoms with Gasteiger partial charge in [0.15, 0.2) is 0 Å². The van der Waals surface area contributed by atoms with Crippen LogP contribution in [0.1, 0.15) is 40.5 Å². The van der Waals surface area contributed by atoms with Gasteiger partial charge in [0.05, 0.1) is 0 Å². The first-order valence-corrected chi connectivity index (χ1v) is 6.79. The lowest BCUT2D eigenvalue weighted by Gasteiger charge is -2.43. The molecule has 108 valence electrons. The van der Waals surface area contributed by atoms with Gasteiger partial charge in [0, 0.05) is 18.5 Å². The van der Waals surface area contributed by atoms with E-state index in [9.17, 15) is 9.59 Å². The van der Waals surface area contributed by atoms with Crippen LogP contribution in [0, 0.1) is 11.3 Å². The summed E-state index contributed by atoms with van der Waals surface area (Å²) >= 11 is 0. The van der Waals surface area contributed by atoms with Crippen molar-refractivity contribution in [2.24, 2.45) is 11.3 Å². The van der Waals surface area contributed by atoms with Crippen molar-refractivity contribution < 1.29 is 14.3 Å². The first-order chi connectivity index (χ1) is 8.74.